The molecule has 2 aromatic heterocycles. The number of nitrogens with zero attached hydrogens (tertiary/aromatic N) is 2. The first-order valence-electron chi connectivity index (χ1n) is 6.41. The molecule has 4 rings (SSSR count). The predicted molar refractivity (Wildman–Crippen MR) is 71.8 cm³/mol. The average Bonchev–Trinajstić information content (AvgIpc) is 3.06. The van der Waals surface area contributed by atoms with Gasteiger partial charge in [-0.2, -0.15) is 0 Å². The van der Waals surface area contributed by atoms with Crippen LogP contribution in [-0.2, 0) is 6.42 Å². The molecule has 0 unspecified atom stereocenters. The zero-order valence-corrected chi connectivity index (χ0v) is 10.4. The van der Waals surface area contributed by atoms with E-state index in [1.165, 1.54) is 0 Å². The minimum atomic E-state index is -1.01. The van der Waals surface area contributed by atoms with Crippen LogP contribution in [0.4, 0.5) is 0 Å². The number of fused-ring (bicyclic) bond motifs is 2. The summed E-state index contributed by atoms with van der Waals surface area (Å²) in [5, 5.41) is 4.02. The fraction of sp³-hybridized carbons (Fsp3) is 0.231. The molecule has 0 bridgehead atoms. The lowest BCUT2D eigenvalue weighted by atomic mass is 10.1. The maximum Gasteiger partial charge on any atom is 0.117 e. The summed E-state index contributed by atoms with van der Waals surface area (Å²) >= 11 is 1.56. The van der Waals surface area contributed by atoms with Crippen LogP contribution in [0, 0.1) is 0 Å². The quantitative estimate of drug-likeness (QED) is 0.703. The number of aromatic amines is 1. The van der Waals surface area contributed by atoms with Crippen LogP contribution in [0.25, 0.3) is 10.2 Å². The normalized spacial score (nSPS) is 23.9. The van der Waals surface area contributed by atoms with Gasteiger partial charge in [0.25, 0.3) is 0 Å². The number of rotatable bonds is 1. The Labute approximate surface area is 110 Å². The van der Waals surface area contributed by atoms with E-state index in [1.54, 1.807) is 17.7 Å². The molecule has 1 aliphatic rings. The van der Waals surface area contributed by atoms with E-state index in [4.69, 9.17) is 1.37 Å². The molecular formula is C13H12N4S. The Morgan fingerprint density at radius 2 is 2.33 bits per heavy atom. The second-order valence-electron chi connectivity index (χ2n) is 4.26. The van der Waals surface area contributed by atoms with Crippen LogP contribution < -0.4 is 5.32 Å². The topological polar surface area (TPSA) is 53.6 Å². The van der Waals surface area contributed by atoms with Gasteiger partial charge in [0, 0.05) is 13.0 Å². The average molecular weight is 257 g/mol. The van der Waals surface area contributed by atoms with E-state index >= 15 is 0 Å². The van der Waals surface area contributed by atoms with Crippen LogP contribution in [0.5, 0.6) is 0 Å². The molecular weight excluding hydrogens is 244 g/mol. The van der Waals surface area contributed by atoms with Gasteiger partial charge in [-0.25, -0.2) is 9.97 Å². The van der Waals surface area contributed by atoms with Gasteiger partial charge in [-0.3, -0.25) is 0 Å². The van der Waals surface area contributed by atoms with Crippen LogP contribution in [-0.4, -0.2) is 21.5 Å². The van der Waals surface area contributed by atoms with E-state index in [2.05, 4.69) is 20.3 Å². The third-order valence-electron chi connectivity index (χ3n) is 3.14. The Morgan fingerprint density at radius 1 is 1.39 bits per heavy atom. The molecule has 0 amide bonds. The molecule has 2 N–H and O–H groups in total. The molecule has 0 spiro atoms. The van der Waals surface area contributed by atoms with Crippen molar-refractivity contribution in [1.29, 1.82) is 0 Å². The first-order chi connectivity index (χ1) is 9.27. The lowest BCUT2D eigenvalue weighted by Gasteiger charge is -2.21. The summed E-state index contributed by atoms with van der Waals surface area (Å²) in [4.78, 5) is 12.0. The van der Waals surface area contributed by atoms with Crippen LogP contribution in [0.3, 0.4) is 0 Å². The van der Waals surface area contributed by atoms with Crippen molar-refractivity contribution in [3.05, 3.63) is 47.0 Å². The lowest BCUT2D eigenvalue weighted by molar-refractivity contribution is 0.552. The Morgan fingerprint density at radius 3 is 3.28 bits per heavy atom. The summed E-state index contributed by atoms with van der Waals surface area (Å²) in [6.07, 6.45) is 2.51. The first kappa shape index (κ1) is 9.24. The molecule has 3 heterocycles. The van der Waals surface area contributed by atoms with Crippen molar-refractivity contribution in [3.63, 3.8) is 0 Å². The van der Waals surface area contributed by atoms with Crippen molar-refractivity contribution in [3.8, 4) is 0 Å². The third kappa shape index (κ3) is 1.48. The van der Waals surface area contributed by atoms with Gasteiger partial charge in [-0.1, -0.05) is 12.1 Å². The lowest BCUT2D eigenvalue weighted by Crippen LogP contribution is -2.30. The standard InChI is InChI=1S/C13H12N4S/c1-2-4-10-8(3-1)17-13(18-10)12-11-9(5-6-14-12)15-7-16-11/h1-4,7,12,14H,5-6H2,(H,15,16)/t12-/m1/s1/i12D. The van der Waals surface area contributed by atoms with Gasteiger partial charge < -0.3 is 10.3 Å². The molecule has 1 aliphatic heterocycles. The molecule has 5 heteroatoms. The predicted octanol–water partition coefficient (Wildman–Crippen LogP) is 2.25. The molecule has 0 fully saturated rings. The van der Waals surface area contributed by atoms with Crippen LogP contribution in [0.1, 0.15) is 23.8 Å². The minimum Gasteiger partial charge on any atom is -0.347 e. The highest BCUT2D eigenvalue weighted by Gasteiger charge is 2.25. The van der Waals surface area contributed by atoms with Crippen molar-refractivity contribution in [1.82, 2.24) is 20.3 Å². The number of imidazole rings is 1. The van der Waals surface area contributed by atoms with Gasteiger partial charge >= 0.3 is 0 Å². The van der Waals surface area contributed by atoms with E-state index in [9.17, 15) is 0 Å². The smallest absolute Gasteiger partial charge is 0.117 e. The van der Waals surface area contributed by atoms with Gasteiger partial charge in [0.1, 0.15) is 11.0 Å². The Bertz CT molecular complexity index is 717. The second-order valence-corrected chi connectivity index (χ2v) is 5.29. The monoisotopic (exact) mass is 257 g/mol. The number of H-pyrrole nitrogens is 1. The number of hydrogen-bond acceptors (Lipinski definition) is 4. The molecule has 3 aromatic rings. The van der Waals surface area contributed by atoms with Crippen LogP contribution in [0.15, 0.2) is 30.6 Å². The van der Waals surface area contributed by atoms with Crippen LogP contribution >= 0.6 is 11.3 Å². The Hall–Kier alpha value is -1.72. The van der Waals surface area contributed by atoms with Gasteiger partial charge in [-0.05, 0) is 12.1 Å². The Balaban J connectivity index is 1.92. The highest BCUT2D eigenvalue weighted by Crippen LogP contribution is 2.32. The number of benzene rings is 1. The van der Waals surface area contributed by atoms with Crippen molar-refractivity contribution in [2.24, 2.45) is 0 Å². The summed E-state index contributed by atoms with van der Waals surface area (Å²) in [7, 11) is 0. The molecule has 0 radical (unpaired) electrons. The number of nitrogens with one attached hydrogen (secondary N) is 2. The Kier molecular flexibility index (Phi) is 2.00. The van der Waals surface area contributed by atoms with E-state index in [1.807, 2.05) is 24.3 Å². The van der Waals surface area contributed by atoms with Crippen molar-refractivity contribution in [2.75, 3.05) is 6.54 Å². The molecule has 18 heavy (non-hydrogen) atoms. The van der Waals surface area contributed by atoms with Gasteiger partial charge in [0.2, 0.25) is 0 Å². The van der Waals surface area contributed by atoms with E-state index in [-0.39, 0.29) is 0 Å². The summed E-state index contributed by atoms with van der Waals surface area (Å²) in [5.41, 5.74) is 2.73. The zero-order chi connectivity index (χ0) is 12.9. The van der Waals surface area contributed by atoms with Crippen molar-refractivity contribution < 1.29 is 1.37 Å². The zero-order valence-electron chi connectivity index (χ0n) is 10.6. The molecule has 90 valence electrons. The van der Waals surface area contributed by atoms with Gasteiger partial charge in [-0.15, -0.1) is 11.3 Å². The maximum absolute atomic E-state index is 8.76. The third-order valence-corrected chi connectivity index (χ3v) is 4.19. The van der Waals surface area contributed by atoms with Crippen molar-refractivity contribution in [2.45, 2.75) is 12.4 Å². The highest BCUT2D eigenvalue weighted by molar-refractivity contribution is 7.18. The summed E-state index contributed by atoms with van der Waals surface area (Å²) < 4.78 is 9.87. The minimum absolute atomic E-state index is 0.747. The fourth-order valence-electron chi connectivity index (χ4n) is 2.28. The molecule has 1 aromatic carbocycles. The number of hydrogen-bond donors (Lipinski definition) is 2. The van der Waals surface area contributed by atoms with Crippen molar-refractivity contribution >= 4 is 21.6 Å². The number of aromatic nitrogens is 3. The van der Waals surface area contributed by atoms with E-state index in [0.717, 1.165) is 39.6 Å². The largest absolute Gasteiger partial charge is 0.347 e. The molecule has 1 atom stereocenters. The van der Waals surface area contributed by atoms with Crippen LogP contribution in [0.2, 0.25) is 0 Å². The van der Waals surface area contributed by atoms with E-state index < -0.39 is 6.02 Å². The van der Waals surface area contributed by atoms with Gasteiger partial charge in [0.15, 0.2) is 0 Å². The molecule has 0 saturated heterocycles. The summed E-state index contributed by atoms with van der Waals surface area (Å²) in [5.74, 6) is 0. The molecule has 0 saturated carbocycles. The van der Waals surface area contributed by atoms with Gasteiger partial charge in [0.05, 0.1) is 29.3 Å². The number of thiazole rings is 1. The molecule has 0 aliphatic carbocycles. The SMILES string of the molecule is [2H][C@@]1(c2nc3ccccc3s2)NCCc2nc[nH]c21. The second kappa shape index (κ2) is 3.90. The fourth-order valence-corrected chi connectivity index (χ4v) is 3.28. The maximum atomic E-state index is 8.76. The number of para-hydroxylation sites is 1. The van der Waals surface area contributed by atoms with E-state index in [0.29, 0.717) is 0 Å². The summed E-state index contributed by atoms with van der Waals surface area (Å²) in [6, 6.07) is 6.98. The highest BCUT2D eigenvalue weighted by atomic mass is 32.1. The summed E-state index contributed by atoms with van der Waals surface area (Å²) in [6.45, 7) is 0.747. The molecule has 4 nitrogen and oxygen atoms in total. The first-order valence-corrected chi connectivity index (χ1v) is 6.73.